The molecule has 0 atom stereocenters. The van der Waals surface area contributed by atoms with Crippen molar-refractivity contribution >= 4 is 31.0 Å². The van der Waals surface area contributed by atoms with Gasteiger partial charge in [-0.2, -0.15) is 0 Å². The SMILES string of the molecule is COC(=O)c1cc(F)c(F)c2nc(NCCN(C)C)n(COCC[Si](C)(C)C)c12. The number of ether oxygens (including phenoxy) is 2. The number of methoxy groups -OCH3 is 1. The number of nitrogens with zero attached hydrogens (tertiary/aromatic N) is 3. The number of likely N-dealkylation sites (N-methyl/N-ethyl adjacent to an activating group) is 1. The maximum atomic E-state index is 14.5. The molecule has 0 saturated heterocycles. The molecule has 0 radical (unpaired) electrons. The molecular formula is C19H30F2N4O3Si. The van der Waals surface area contributed by atoms with Crippen LogP contribution in [0.2, 0.25) is 25.7 Å². The zero-order valence-electron chi connectivity index (χ0n) is 17.9. The molecule has 2 aromatic rings. The topological polar surface area (TPSA) is 68.6 Å². The van der Waals surface area contributed by atoms with E-state index in [-0.39, 0.29) is 23.3 Å². The molecule has 0 spiro atoms. The zero-order chi connectivity index (χ0) is 21.8. The van der Waals surface area contributed by atoms with Crippen LogP contribution < -0.4 is 5.32 Å². The number of imidazole rings is 1. The molecule has 1 aromatic heterocycles. The Labute approximate surface area is 171 Å². The van der Waals surface area contributed by atoms with Gasteiger partial charge in [0.1, 0.15) is 12.2 Å². The molecule has 0 aliphatic heterocycles. The number of anilines is 1. The van der Waals surface area contributed by atoms with Gasteiger partial charge in [-0.3, -0.25) is 4.57 Å². The lowest BCUT2D eigenvalue weighted by molar-refractivity contribution is 0.0600. The van der Waals surface area contributed by atoms with E-state index in [1.807, 2.05) is 19.0 Å². The predicted octanol–water partition coefficient (Wildman–Crippen LogP) is 3.39. The summed E-state index contributed by atoms with van der Waals surface area (Å²) in [6.07, 6.45) is 0. The molecule has 2 rings (SSSR count). The molecule has 0 unspecified atom stereocenters. The van der Waals surface area contributed by atoms with Crippen LogP contribution in [-0.2, 0) is 16.2 Å². The minimum absolute atomic E-state index is 0.0559. The van der Waals surface area contributed by atoms with E-state index < -0.39 is 25.7 Å². The normalized spacial score (nSPS) is 12.0. The van der Waals surface area contributed by atoms with Gasteiger partial charge in [-0.1, -0.05) is 19.6 Å². The van der Waals surface area contributed by atoms with Crippen LogP contribution >= 0.6 is 0 Å². The number of rotatable bonds is 10. The summed E-state index contributed by atoms with van der Waals surface area (Å²) in [7, 11) is 3.76. The highest BCUT2D eigenvalue weighted by Crippen LogP contribution is 2.28. The number of nitrogens with one attached hydrogen (secondary N) is 1. The fourth-order valence-corrected chi connectivity index (χ4v) is 3.46. The Balaban J connectivity index is 2.46. The van der Waals surface area contributed by atoms with Gasteiger partial charge in [0, 0.05) is 27.8 Å². The van der Waals surface area contributed by atoms with E-state index in [1.165, 1.54) is 7.11 Å². The number of aromatic nitrogens is 2. The maximum absolute atomic E-state index is 14.5. The van der Waals surface area contributed by atoms with Crippen molar-refractivity contribution in [3.05, 3.63) is 23.3 Å². The molecule has 0 fully saturated rings. The van der Waals surface area contributed by atoms with Crippen LogP contribution in [0.25, 0.3) is 11.0 Å². The smallest absolute Gasteiger partial charge is 0.340 e. The number of esters is 1. The number of fused-ring (bicyclic) bond motifs is 1. The van der Waals surface area contributed by atoms with Crippen molar-refractivity contribution in [1.82, 2.24) is 14.5 Å². The molecular weight excluding hydrogens is 398 g/mol. The van der Waals surface area contributed by atoms with Crippen LogP contribution in [0.3, 0.4) is 0 Å². The van der Waals surface area contributed by atoms with Crippen molar-refractivity contribution in [1.29, 1.82) is 0 Å². The first-order valence-electron chi connectivity index (χ1n) is 9.48. The fourth-order valence-electron chi connectivity index (χ4n) is 2.70. The molecule has 0 aliphatic carbocycles. The van der Waals surface area contributed by atoms with Gasteiger partial charge in [0.05, 0.1) is 18.2 Å². The molecule has 10 heteroatoms. The van der Waals surface area contributed by atoms with Crippen LogP contribution in [0.5, 0.6) is 0 Å². The van der Waals surface area contributed by atoms with Crippen molar-refractivity contribution in [2.45, 2.75) is 32.4 Å². The van der Waals surface area contributed by atoms with Crippen molar-refractivity contribution in [3.63, 3.8) is 0 Å². The lowest BCUT2D eigenvalue weighted by Gasteiger charge is -2.17. The van der Waals surface area contributed by atoms with E-state index in [1.54, 1.807) is 4.57 Å². The van der Waals surface area contributed by atoms with Gasteiger partial charge >= 0.3 is 5.97 Å². The maximum Gasteiger partial charge on any atom is 0.340 e. The lowest BCUT2D eigenvalue weighted by atomic mass is 10.1. The first-order valence-corrected chi connectivity index (χ1v) is 13.2. The van der Waals surface area contributed by atoms with Crippen LogP contribution in [0.15, 0.2) is 6.07 Å². The van der Waals surface area contributed by atoms with E-state index in [0.717, 1.165) is 12.1 Å². The van der Waals surface area contributed by atoms with Gasteiger partial charge in [-0.15, -0.1) is 0 Å². The molecule has 1 N–H and O–H groups in total. The third-order valence-corrected chi connectivity index (χ3v) is 6.08. The monoisotopic (exact) mass is 428 g/mol. The van der Waals surface area contributed by atoms with E-state index in [0.29, 0.717) is 25.6 Å². The van der Waals surface area contributed by atoms with Crippen LogP contribution in [0, 0.1) is 11.6 Å². The highest BCUT2D eigenvalue weighted by atomic mass is 28.3. The Hall–Kier alpha value is -2.04. The summed E-state index contributed by atoms with van der Waals surface area (Å²) < 4.78 is 40.6. The van der Waals surface area contributed by atoms with E-state index >= 15 is 0 Å². The number of hydrogen-bond donors (Lipinski definition) is 1. The number of hydrogen-bond acceptors (Lipinski definition) is 6. The standard InChI is InChI=1S/C19H30F2N4O3Si/c1-24(2)8-7-22-19-23-16-15(21)14(20)11-13(18(26)27-3)17(16)25(19)12-28-9-10-29(4,5)6/h11H,7-10,12H2,1-6H3,(H,22,23). The van der Waals surface area contributed by atoms with E-state index in [4.69, 9.17) is 9.47 Å². The average molecular weight is 429 g/mol. The first kappa shape index (κ1) is 23.2. The molecule has 0 saturated carbocycles. The Morgan fingerprint density at radius 2 is 2.00 bits per heavy atom. The number of halogens is 2. The quantitative estimate of drug-likeness (QED) is 0.355. The van der Waals surface area contributed by atoms with Crippen LogP contribution in [0.4, 0.5) is 14.7 Å². The molecule has 0 aliphatic rings. The Bertz CT molecular complexity index is 865. The van der Waals surface area contributed by atoms with Gasteiger partial charge in [0.25, 0.3) is 0 Å². The second-order valence-corrected chi connectivity index (χ2v) is 14.0. The van der Waals surface area contributed by atoms with Crippen molar-refractivity contribution in [2.75, 3.05) is 46.2 Å². The largest absolute Gasteiger partial charge is 0.465 e. The minimum atomic E-state index is -1.29. The summed E-state index contributed by atoms with van der Waals surface area (Å²) in [4.78, 5) is 18.4. The minimum Gasteiger partial charge on any atom is -0.465 e. The summed E-state index contributed by atoms with van der Waals surface area (Å²) >= 11 is 0. The van der Waals surface area contributed by atoms with Crippen LogP contribution in [-0.4, -0.2) is 69.4 Å². The third kappa shape index (κ3) is 5.97. The molecule has 0 amide bonds. The van der Waals surface area contributed by atoms with Crippen molar-refractivity contribution in [2.24, 2.45) is 0 Å². The second kappa shape index (κ2) is 9.64. The highest BCUT2D eigenvalue weighted by molar-refractivity contribution is 6.76. The molecule has 0 bridgehead atoms. The van der Waals surface area contributed by atoms with Crippen molar-refractivity contribution in [3.8, 4) is 0 Å². The average Bonchev–Trinajstić information content (AvgIpc) is 2.98. The van der Waals surface area contributed by atoms with Gasteiger partial charge in [0.2, 0.25) is 5.95 Å². The van der Waals surface area contributed by atoms with Gasteiger partial charge in [-0.05, 0) is 26.2 Å². The third-order valence-electron chi connectivity index (χ3n) is 4.38. The predicted molar refractivity (Wildman–Crippen MR) is 112 cm³/mol. The second-order valence-electron chi connectivity index (χ2n) is 8.35. The Morgan fingerprint density at radius 1 is 1.31 bits per heavy atom. The Morgan fingerprint density at radius 3 is 2.59 bits per heavy atom. The zero-order valence-corrected chi connectivity index (χ0v) is 18.9. The first-order chi connectivity index (χ1) is 13.5. The highest BCUT2D eigenvalue weighted by Gasteiger charge is 2.25. The number of carbonyl (C=O) groups is 1. The molecule has 162 valence electrons. The van der Waals surface area contributed by atoms with Gasteiger partial charge in [0.15, 0.2) is 11.6 Å². The molecule has 7 nitrogen and oxygen atoms in total. The molecule has 29 heavy (non-hydrogen) atoms. The summed E-state index contributed by atoms with van der Waals surface area (Å²) in [6.45, 7) is 8.55. The van der Waals surface area contributed by atoms with E-state index in [9.17, 15) is 13.6 Å². The molecule has 1 aromatic carbocycles. The summed E-state index contributed by atoms with van der Waals surface area (Å²) in [6, 6.07) is 1.79. The van der Waals surface area contributed by atoms with Gasteiger partial charge in [-0.25, -0.2) is 18.6 Å². The van der Waals surface area contributed by atoms with Gasteiger partial charge < -0.3 is 19.7 Å². The summed E-state index contributed by atoms with van der Waals surface area (Å²) in [5.41, 5.74) is -0.175. The fraction of sp³-hybridized carbons (Fsp3) is 0.579. The molecule has 1 heterocycles. The number of carbonyl (C=O) groups excluding carboxylic acids is 1. The lowest BCUT2D eigenvalue weighted by Crippen LogP contribution is -2.23. The summed E-state index contributed by atoms with van der Waals surface area (Å²) in [5.74, 6) is -2.72. The van der Waals surface area contributed by atoms with Crippen molar-refractivity contribution < 1.29 is 23.0 Å². The number of benzene rings is 1. The summed E-state index contributed by atoms with van der Waals surface area (Å²) in [5, 5.41) is 3.12. The van der Waals surface area contributed by atoms with E-state index in [2.05, 4.69) is 29.9 Å². The van der Waals surface area contributed by atoms with Crippen LogP contribution in [0.1, 0.15) is 10.4 Å². The Kier molecular flexibility index (Phi) is 7.72.